The van der Waals surface area contributed by atoms with Gasteiger partial charge in [-0.25, -0.2) is 18.9 Å². The molecule has 188 valence electrons. The zero-order valence-corrected chi connectivity index (χ0v) is 20.3. The van der Waals surface area contributed by atoms with Gasteiger partial charge in [-0.15, -0.1) is 5.10 Å². The molecule has 0 unspecified atom stereocenters. The van der Waals surface area contributed by atoms with Gasteiger partial charge in [-0.2, -0.15) is 5.26 Å². The molecular formula is C26H25N7O4. The van der Waals surface area contributed by atoms with Crippen LogP contribution in [0, 0.1) is 17.2 Å². The fourth-order valence-electron chi connectivity index (χ4n) is 4.55. The molecule has 2 aromatic carbocycles. The van der Waals surface area contributed by atoms with Gasteiger partial charge in [0.1, 0.15) is 6.54 Å². The van der Waals surface area contributed by atoms with Crippen molar-refractivity contribution in [2.75, 3.05) is 29.9 Å². The van der Waals surface area contributed by atoms with E-state index in [9.17, 15) is 14.4 Å². The first-order valence-corrected chi connectivity index (χ1v) is 12.1. The second kappa shape index (κ2) is 10.1. The monoisotopic (exact) mass is 499 g/mol. The van der Waals surface area contributed by atoms with Gasteiger partial charge in [0, 0.05) is 18.8 Å². The SMILES string of the molecule is CCOC(=O)C1CCN(c2nc3ccccc3n3c(=O)n(CC(=O)Nc4ccc(C#N)cc4)nc23)CC1. The number of piperidine rings is 1. The van der Waals surface area contributed by atoms with Gasteiger partial charge in [-0.3, -0.25) is 9.59 Å². The number of hydrogen-bond donors (Lipinski definition) is 1. The number of aromatic nitrogens is 4. The van der Waals surface area contributed by atoms with Crippen LogP contribution in [0.25, 0.3) is 16.7 Å². The number of para-hydroxylation sites is 2. The fraction of sp³-hybridized carbons (Fsp3) is 0.308. The minimum absolute atomic E-state index is 0.168. The van der Waals surface area contributed by atoms with Crippen molar-refractivity contribution in [3.63, 3.8) is 0 Å². The van der Waals surface area contributed by atoms with Gasteiger partial charge in [0.25, 0.3) is 0 Å². The van der Waals surface area contributed by atoms with Crippen LogP contribution in [0.15, 0.2) is 53.3 Å². The van der Waals surface area contributed by atoms with E-state index in [1.165, 1.54) is 4.40 Å². The molecule has 4 aromatic rings. The zero-order valence-electron chi connectivity index (χ0n) is 20.3. The quantitative estimate of drug-likeness (QED) is 0.400. The molecule has 1 N–H and O–H groups in total. The lowest BCUT2D eigenvalue weighted by atomic mass is 9.97. The number of carbonyl (C=O) groups is 2. The van der Waals surface area contributed by atoms with Gasteiger partial charge in [0.15, 0.2) is 5.82 Å². The van der Waals surface area contributed by atoms with E-state index in [1.54, 1.807) is 37.3 Å². The average Bonchev–Trinajstić information content (AvgIpc) is 3.24. The fourth-order valence-corrected chi connectivity index (χ4v) is 4.55. The summed E-state index contributed by atoms with van der Waals surface area (Å²) in [6.07, 6.45) is 1.22. The number of fused-ring (bicyclic) bond motifs is 3. The number of benzene rings is 2. The van der Waals surface area contributed by atoms with Gasteiger partial charge in [-0.05, 0) is 56.2 Å². The number of amides is 1. The molecule has 1 aliphatic heterocycles. The summed E-state index contributed by atoms with van der Waals surface area (Å²) in [5.41, 5.74) is 2.11. The molecule has 0 aliphatic carbocycles. The van der Waals surface area contributed by atoms with Crippen molar-refractivity contribution in [3.8, 4) is 6.07 Å². The van der Waals surface area contributed by atoms with Crippen LogP contribution in [0.1, 0.15) is 25.3 Å². The summed E-state index contributed by atoms with van der Waals surface area (Å²) < 4.78 is 7.77. The molecule has 11 nitrogen and oxygen atoms in total. The molecule has 37 heavy (non-hydrogen) atoms. The summed E-state index contributed by atoms with van der Waals surface area (Å²) >= 11 is 0. The maximum absolute atomic E-state index is 13.4. The summed E-state index contributed by atoms with van der Waals surface area (Å²) in [6, 6.07) is 15.7. The van der Waals surface area contributed by atoms with Crippen LogP contribution in [0.2, 0.25) is 0 Å². The molecule has 0 radical (unpaired) electrons. The van der Waals surface area contributed by atoms with Crippen molar-refractivity contribution in [2.45, 2.75) is 26.3 Å². The molecule has 11 heteroatoms. The van der Waals surface area contributed by atoms with Crippen LogP contribution >= 0.6 is 0 Å². The third-order valence-corrected chi connectivity index (χ3v) is 6.39. The van der Waals surface area contributed by atoms with Gasteiger partial charge >= 0.3 is 11.7 Å². The molecule has 0 atom stereocenters. The molecule has 1 fully saturated rings. The lowest BCUT2D eigenvalue weighted by Crippen LogP contribution is -2.37. The largest absolute Gasteiger partial charge is 0.466 e. The Morgan fingerprint density at radius 1 is 1.14 bits per heavy atom. The summed E-state index contributed by atoms with van der Waals surface area (Å²) in [6.45, 7) is 2.97. The lowest BCUT2D eigenvalue weighted by Gasteiger charge is -2.31. The number of carbonyl (C=O) groups excluding carboxylic acids is 2. The molecule has 0 spiro atoms. The molecule has 1 saturated heterocycles. The van der Waals surface area contributed by atoms with Crippen molar-refractivity contribution in [1.82, 2.24) is 19.2 Å². The standard InChI is InChI=1S/C26H25N7O4/c1-2-37-25(35)18-11-13-31(14-12-18)23-24-30-32(16-22(34)28-19-9-7-17(15-27)8-10-19)26(36)33(24)21-6-4-3-5-20(21)29-23/h3-10,18H,2,11-14,16H2,1H3,(H,28,34). The maximum atomic E-state index is 13.4. The van der Waals surface area contributed by atoms with Crippen LogP contribution in [0.4, 0.5) is 11.5 Å². The Bertz CT molecular complexity index is 1580. The number of nitrogens with zero attached hydrogens (tertiary/aromatic N) is 6. The van der Waals surface area contributed by atoms with E-state index in [4.69, 9.17) is 15.0 Å². The van der Waals surface area contributed by atoms with Crippen LogP contribution in [0.3, 0.4) is 0 Å². The first-order chi connectivity index (χ1) is 18.0. The average molecular weight is 500 g/mol. The zero-order chi connectivity index (χ0) is 25.9. The van der Waals surface area contributed by atoms with E-state index in [0.29, 0.717) is 66.3 Å². The third kappa shape index (κ3) is 4.73. The number of nitrogens with one attached hydrogen (secondary N) is 1. The highest BCUT2D eigenvalue weighted by molar-refractivity contribution is 5.90. The molecule has 2 aromatic heterocycles. The van der Waals surface area contributed by atoms with Crippen molar-refractivity contribution in [1.29, 1.82) is 5.26 Å². The van der Waals surface area contributed by atoms with Crippen molar-refractivity contribution >= 4 is 40.1 Å². The maximum Gasteiger partial charge on any atom is 0.351 e. The van der Waals surface area contributed by atoms with E-state index < -0.39 is 11.6 Å². The topological polar surface area (TPSA) is 135 Å². The number of rotatable bonds is 6. The van der Waals surface area contributed by atoms with Crippen molar-refractivity contribution in [3.05, 3.63) is 64.6 Å². The normalized spacial score (nSPS) is 14.0. The molecule has 1 amide bonds. The second-order valence-electron chi connectivity index (χ2n) is 8.77. The molecule has 5 rings (SSSR count). The van der Waals surface area contributed by atoms with Crippen LogP contribution in [0.5, 0.6) is 0 Å². The Morgan fingerprint density at radius 3 is 2.57 bits per heavy atom. The minimum atomic E-state index is -0.453. The Hall–Kier alpha value is -4.72. The first-order valence-electron chi connectivity index (χ1n) is 12.1. The summed E-state index contributed by atoms with van der Waals surface area (Å²) in [7, 11) is 0. The molecule has 1 aliphatic rings. The Balaban J connectivity index is 1.46. The van der Waals surface area contributed by atoms with E-state index >= 15 is 0 Å². The molecule has 0 saturated carbocycles. The first kappa shape index (κ1) is 24.0. The van der Waals surface area contributed by atoms with Gasteiger partial charge in [-0.1, -0.05) is 12.1 Å². The van der Waals surface area contributed by atoms with Crippen molar-refractivity contribution in [2.24, 2.45) is 5.92 Å². The summed E-state index contributed by atoms with van der Waals surface area (Å²) in [4.78, 5) is 45.1. The van der Waals surface area contributed by atoms with E-state index in [1.807, 2.05) is 29.2 Å². The van der Waals surface area contributed by atoms with E-state index in [0.717, 1.165) is 4.68 Å². The highest BCUT2D eigenvalue weighted by Gasteiger charge is 2.29. The highest BCUT2D eigenvalue weighted by Crippen LogP contribution is 2.27. The minimum Gasteiger partial charge on any atom is -0.466 e. The van der Waals surface area contributed by atoms with Gasteiger partial charge < -0.3 is 15.0 Å². The smallest absolute Gasteiger partial charge is 0.351 e. The van der Waals surface area contributed by atoms with E-state index in [-0.39, 0.29) is 18.4 Å². The van der Waals surface area contributed by atoms with Crippen LogP contribution in [-0.2, 0) is 20.9 Å². The lowest BCUT2D eigenvalue weighted by molar-refractivity contribution is -0.148. The predicted molar refractivity (Wildman–Crippen MR) is 136 cm³/mol. The molecule has 3 heterocycles. The van der Waals surface area contributed by atoms with Crippen LogP contribution < -0.4 is 15.9 Å². The van der Waals surface area contributed by atoms with Crippen LogP contribution in [-0.4, -0.2) is 50.7 Å². The predicted octanol–water partition coefficient (Wildman–Crippen LogP) is 2.33. The summed E-state index contributed by atoms with van der Waals surface area (Å²) in [5.74, 6) is -0.250. The van der Waals surface area contributed by atoms with Gasteiger partial charge in [0.2, 0.25) is 11.6 Å². The second-order valence-corrected chi connectivity index (χ2v) is 8.77. The van der Waals surface area contributed by atoms with Gasteiger partial charge in [0.05, 0.1) is 35.2 Å². The number of anilines is 2. The van der Waals surface area contributed by atoms with Crippen molar-refractivity contribution < 1.29 is 14.3 Å². The number of ether oxygens (including phenoxy) is 1. The number of nitriles is 1. The number of esters is 1. The Labute approximate surface area is 211 Å². The molecular weight excluding hydrogens is 474 g/mol. The highest BCUT2D eigenvalue weighted by atomic mass is 16.5. The Morgan fingerprint density at radius 2 is 1.86 bits per heavy atom. The Kier molecular flexibility index (Phi) is 6.55. The third-order valence-electron chi connectivity index (χ3n) is 6.39. The summed E-state index contributed by atoms with van der Waals surface area (Å²) in [5, 5.41) is 16.2. The number of hydrogen-bond acceptors (Lipinski definition) is 8. The van der Waals surface area contributed by atoms with E-state index in [2.05, 4.69) is 10.4 Å². The molecule has 0 bridgehead atoms.